The van der Waals surface area contributed by atoms with E-state index in [4.69, 9.17) is 23.7 Å². The number of urea groups is 1. The summed E-state index contributed by atoms with van der Waals surface area (Å²) < 4.78 is 22.2. The Hall–Kier alpha value is -4.01. The smallest absolute Gasteiger partial charge is 0.322 e. The van der Waals surface area contributed by atoms with Gasteiger partial charge in [0.2, 0.25) is 12.6 Å². The van der Waals surface area contributed by atoms with Gasteiger partial charge in [0.05, 0.1) is 18.2 Å². The fourth-order valence-corrected chi connectivity index (χ4v) is 4.30. The van der Waals surface area contributed by atoms with E-state index in [1.165, 1.54) is 0 Å². The number of aromatic nitrogens is 2. The Morgan fingerprint density at radius 3 is 2.69 bits per heavy atom. The molecule has 1 aromatic heterocycles. The highest BCUT2D eigenvalue weighted by Crippen LogP contribution is 2.39. The van der Waals surface area contributed by atoms with Gasteiger partial charge >= 0.3 is 6.03 Å². The van der Waals surface area contributed by atoms with Crippen molar-refractivity contribution in [2.24, 2.45) is 0 Å². The van der Waals surface area contributed by atoms with E-state index in [0.717, 1.165) is 41.0 Å². The monoisotopic (exact) mass is 476 g/mol. The summed E-state index contributed by atoms with van der Waals surface area (Å²) in [6, 6.07) is 12.6. The molecule has 0 bridgehead atoms. The average Bonchev–Trinajstić information content (AvgIpc) is 3.54. The van der Waals surface area contributed by atoms with Gasteiger partial charge in [-0.05, 0) is 56.2 Å². The highest BCUT2D eigenvalue weighted by atomic mass is 16.7. The molecule has 0 fully saturated rings. The third-order valence-electron chi connectivity index (χ3n) is 6.14. The van der Waals surface area contributed by atoms with E-state index in [1.54, 1.807) is 4.90 Å². The molecule has 9 nitrogen and oxygen atoms in total. The van der Waals surface area contributed by atoms with E-state index in [2.05, 4.69) is 17.4 Å². The fourth-order valence-electron chi connectivity index (χ4n) is 4.30. The van der Waals surface area contributed by atoms with Crippen LogP contribution < -0.4 is 19.5 Å². The molecule has 0 saturated heterocycles. The quantitative estimate of drug-likeness (QED) is 0.479. The van der Waals surface area contributed by atoms with Crippen LogP contribution in [-0.2, 0) is 0 Å². The molecule has 2 amide bonds. The van der Waals surface area contributed by atoms with Crippen molar-refractivity contribution in [3.8, 4) is 28.6 Å². The number of carbonyl (C=O) groups is 1. The largest absolute Gasteiger partial charge is 0.494 e. The molecule has 3 heterocycles. The van der Waals surface area contributed by atoms with Crippen LogP contribution in [0.5, 0.6) is 17.2 Å². The van der Waals surface area contributed by atoms with Crippen LogP contribution >= 0.6 is 0 Å². The molecule has 5 rings (SSSR count). The van der Waals surface area contributed by atoms with Crippen molar-refractivity contribution < 1.29 is 23.5 Å². The number of unbranched alkanes of at least 4 members (excludes halogenated alkanes) is 1. The van der Waals surface area contributed by atoms with Crippen LogP contribution in [0.25, 0.3) is 17.0 Å². The lowest BCUT2D eigenvalue weighted by atomic mass is 9.94. The van der Waals surface area contributed by atoms with Crippen LogP contribution in [0.3, 0.4) is 0 Å². The van der Waals surface area contributed by atoms with E-state index >= 15 is 0 Å². The Balaban J connectivity index is 1.54. The normalized spacial score (nSPS) is 17.1. The predicted molar refractivity (Wildman–Crippen MR) is 129 cm³/mol. The molecular weight excluding hydrogens is 448 g/mol. The van der Waals surface area contributed by atoms with Crippen LogP contribution in [-0.4, -0.2) is 41.0 Å². The van der Waals surface area contributed by atoms with Gasteiger partial charge < -0.3 is 24.1 Å². The van der Waals surface area contributed by atoms with Gasteiger partial charge in [-0.3, -0.25) is 4.90 Å². The molecule has 1 unspecified atom stereocenters. The minimum Gasteiger partial charge on any atom is -0.494 e. The molecule has 2 aromatic carbocycles. The first-order valence-corrected chi connectivity index (χ1v) is 11.8. The van der Waals surface area contributed by atoms with Crippen LogP contribution in [0.15, 0.2) is 52.7 Å². The molecule has 1 atom stereocenters. The third-order valence-corrected chi connectivity index (χ3v) is 6.14. The van der Waals surface area contributed by atoms with E-state index in [1.807, 2.05) is 56.3 Å². The van der Waals surface area contributed by atoms with Crippen LogP contribution in [0.1, 0.15) is 51.1 Å². The van der Waals surface area contributed by atoms with Crippen molar-refractivity contribution in [1.29, 1.82) is 0 Å². The SMILES string of the molecule is CCCCN1C(=O)NC(c2ccc(OCC)cc2)C(c2nc(-c3ccc4c(c3)OCO4)no2)=C1C. The summed E-state index contributed by atoms with van der Waals surface area (Å²) >= 11 is 0. The van der Waals surface area contributed by atoms with Gasteiger partial charge in [0.15, 0.2) is 11.5 Å². The van der Waals surface area contributed by atoms with Crippen molar-refractivity contribution >= 4 is 11.6 Å². The molecule has 3 aromatic rings. The average molecular weight is 477 g/mol. The number of rotatable bonds is 8. The van der Waals surface area contributed by atoms with Crippen molar-refractivity contribution in [3.63, 3.8) is 0 Å². The second-order valence-corrected chi connectivity index (χ2v) is 8.38. The first-order chi connectivity index (χ1) is 17.1. The van der Waals surface area contributed by atoms with Crippen molar-refractivity contribution in [2.75, 3.05) is 19.9 Å². The zero-order valence-corrected chi connectivity index (χ0v) is 20.0. The lowest BCUT2D eigenvalue weighted by Crippen LogP contribution is -2.46. The Morgan fingerprint density at radius 1 is 1.11 bits per heavy atom. The maximum absolute atomic E-state index is 13.0. The maximum Gasteiger partial charge on any atom is 0.322 e. The zero-order chi connectivity index (χ0) is 24.4. The van der Waals surface area contributed by atoms with E-state index in [9.17, 15) is 4.79 Å². The van der Waals surface area contributed by atoms with Gasteiger partial charge in [-0.1, -0.05) is 30.6 Å². The summed E-state index contributed by atoms with van der Waals surface area (Å²) in [6.07, 6.45) is 1.86. The number of carbonyl (C=O) groups excluding carboxylic acids is 1. The molecule has 2 aliphatic rings. The Kier molecular flexibility index (Phi) is 6.31. The van der Waals surface area contributed by atoms with Gasteiger partial charge in [-0.25, -0.2) is 4.79 Å². The number of ether oxygens (including phenoxy) is 3. The van der Waals surface area contributed by atoms with Gasteiger partial charge in [0, 0.05) is 17.8 Å². The highest BCUT2D eigenvalue weighted by Gasteiger charge is 2.35. The summed E-state index contributed by atoms with van der Waals surface area (Å²) in [7, 11) is 0. The number of fused-ring (bicyclic) bond motifs is 1. The number of benzene rings is 2. The number of hydrogen-bond acceptors (Lipinski definition) is 7. The molecule has 35 heavy (non-hydrogen) atoms. The number of nitrogens with zero attached hydrogens (tertiary/aromatic N) is 3. The van der Waals surface area contributed by atoms with E-state index in [-0.39, 0.29) is 12.8 Å². The third kappa shape index (κ3) is 4.41. The maximum atomic E-state index is 13.0. The summed E-state index contributed by atoms with van der Waals surface area (Å²) in [5.41, 5.74) is 3.21. The molecule has 2 aliphatic heterocycles. The Labute approximate surface area is 203 Å². The van der Waals surface area contributed by atoms with Crippen LogP contribution in [0, 0.1) is 0 Å². The first-order valence-electron chi connectivity index (χ1n) is 11.8. The van der Waals surface area contributed by atoms with Gasteiger partial charge in [0.1, 0.15) is 5.75 Å². The number of allylic oxidation sites excluding steroid dienone is 1. The van der Waals surface area contributed by atoms with Gasteiger partial charge in [-0.2, -0.15) is 4.98 Å². The van der Waals surface area contributed by atoms with E-state index < -0.39 is 6.04 Å². The second-order valence-electron chi connectivity index (χ2n) is 8.38. The van der Waals surface area contributed by atoms with Crippen molar-refractivity contribution in [2.45, 2.75) is 39.7 Å². The molecule has 0 saturated carbocycles. The Morgan fingerprint density at radius 2 is 1.91 bits per heavy atom. The zero-order valence-electron chi connectivity index (χ0n) is 20.0. The first kappa shape index (κ1) is 22.8. The minimum atomic E-state index is -0.443. The predicted octanol–water partition coefficient (Wildman–Crippen LogP) is 5.16. The van der Waals surface area contributed by atoms with Gasteiger partial charge in [0.25, 0.3) is 5.89 Å². The fraction of sp³-hybridized carbons (Fsp3) is 0.346. The van der Waals surface area contributed by atoms with Crippen LogP contribution in [0.2, 0.25) is 0 Å². The highest BCUT2D eigenvalue weighted by molar-refractivity contribution is 5.87. The van der Waals surface area contributed by atoms with Crippen molar-refractivity contribution in [3.05, 3.63) is 59.6 Å². The van der Waals surface area contributed by atoms with E-state index in [0.29, 0.717) is 36.4 Å². The number of amides is 2. The molecular formula is C26H28N4O5. The second kappa shape index (κ2) is 9.69. The van der Waals surface area contributed by atoms with Crippen LogP contribution in [0.4, 0.5) is 4.79 Å². The molecule has 0 spiro atoms. The lowest BCUT2D eigenvalue weighted by molar-refractivity contribution is 0.174. The summed E-state index contributed by atoms with van der Waals surface area (Å²) in [5.74, 6) is 2.89. The number of nitrogens with one attached hydrogen (secondary N) is 1. The molecule has 9 heteroatoms. The lowest BCUT2D eigenvalue weighted by Gasteiger charge is -2.35. The molecule has 182 valence electrons. The minimum absolute atomic E-state index is 0.144. The topological polar surface area (TPSA) is 99.0 Å². The molecule has 1 N–H and O–H groups in total. The molecule has 0 aliphatic carbocycles. The summed E-state index contributed by atoms with van der Waals surface area (Å²) in [4.78, 5) is 19.5. The Bertz CT molecular complexity index is 1250. The number of hydrogen-bond donors (Lipinski definition) is 1. The summed E-state index contributed by atoms with van der Waals surface area (Å²) in [6.45, 7) is 7.35. The summed E-state index contributed by atoms with van der Waals surface area (Å²) in [5, 5.41) is 7.36. The standard InChI is InChI=1S/C26H28N4O5/c1-4-6-13-30-16(3)22(23(27-26(30)31)17-7-10-19(11-8-17)32-5-2)25-28-24(29-35-25)18-9-12-20-21(14-18)34-15-33-20/h7-12,14,23H,4-6,13,15H2,1-3H3,(H,27,31). The molecule has 0 radical (unpaired) electrons. The van der Waals surface area contributed by atoms with Gasteiger partial charge in [-0.15, -0.1) is 0 Å². The van der Waals surface area contributed by atoms with Crippen molar-refractivity contribution in [1.82, 2.24) is 20.4 Å².